The number of nitrogens with zero attached hydrogens (tertiary/aromatic N) is 2. The molecule has 33 heavy (non-hydrogen) atoms. The lowest BCUT2D eigenvalue weighted by Crippen LogP contribution is -2.62. The van der Waals surface area contributed by atoms with Crippen molar-refractivity contribution in [1.29, 1.82) is 5.41 Å². The monoisotopic (exact) mass is 450 g/mol. The van der Waals surface area contributed by atoms with E-state index in [1.165, 1.54) is 11.9 Å². The highest BCUT2D eigenvalue weighted by molar-refractivity contribution is 6.17. The van der Waals surface area contributed by atoms with Crippen molar-refractivity contribution in [1.82, 2.24) is 10.2 Å². The molecule has 1 atom stereocenters. The molecule has 0 unspecified atom stereocenters. The van der Waals surface area contributed by atoms with Gasteiger partial charge in [-0.3, -0.25) is 4.79 Å². The van der Waals surface area contributed by atoms with Crippen LogP contribution in [-0.4, -0.2) is 42.2 Å². The molecule has 170 valence electrons. The summed E-state index contributed by atoms with van der Waals surface area (Å²) in [6, 6.07) is 10.0. The lowest BCUT2D eigenvalue weighted by molar-refractivity contribution is -0.121. The number of nitrogens with one attached hydrogen (secondary N) is 2. The molecule has 8 heteroatoms. The zero-order chi connectivity index (χ0) is 24.2. The Kier molecular flexibility index (Phi) is 6.92. The lowest BCUT2D eigenvalue weighted by atomic mass is 9.85. The van der Waals surface area contributed by atoms with Crippen LogP contribution in [0.1, 0.15) is 31.4 Å². The summed E-state index contributed by atoms with van der Waals surface area (Å²) in [7, 11) is 1.43. The number of rotatable bonds is 5. The van der Waals surface area contributed by atoms with E-state index in [1.54, 1.807) is 37.4 Å². The molecule has 0 aromatic heterocycles. The Hall–Kier alpha value is -3.99. The van der Waals surface area contributed by atoms with Crippen molar-refractivity contribution in [2.24, 2.45) is 0 Å². The molecule has 1 aliphatic rings. The van der Waals surface area contributed by atoms with Crippen LogP contribution in [0.15, 0.2) is 54.2 Å². The zero-order valence-corrected chi connectivity index (χ0v) is 18.6. The quantitative estimate of drug-likeness (QED) is 0.533. The fourth-order valence-electron chi connectivity index (χ4n) is 3.56. The van der Waals surface area contributed by atoms with Gasteiger partial charge in [-0.2, -0.15) is 0 Å². The first kappa shape index (κ1) is 23.7. The Labute approximate surface area is 191 Å². The third-order valence-electron chi connectivity index (χ3n) is 5.57. The number of imide groups is 1. The molecular formula is C25H24F2N4O2. The van der Waals surface area contributed by atoms with Crippen LogP contribution in [0.3, 0.4) is 0 Å². The van der Waals surface area contributed by atoms with E-state index in [4.69, 9.17) is 5.41 Å². The summed E-state index contributed by atoms with van der Waals surface area (Å²) in [6.45, 7) is 4.08. The van der Waals surface area contributed by atoms with Crippen molar-refractivity contribution < 1.29 is 18.4 Å². The minimum atomic E-state index is -1.15. The molecule has 0 aliphatic carbocycles. The number of amides is 3. The first-order chi connectivity index (χ1) is 15.7. The number of hydrogen-bond donors (Lipinski definition) is 2. The Balaban J connectivity index is 1.96. The van der Waals surface area contributed by atoms with Crippen LogP contribution < -0.4 is 10.2 Å². The van der Waals surface area contributed by atoms with E-state index in [-0.39, 0.29) is 12.0 Å². The molecule has 1 saturated heterocycles. The lowest BCUT2D eigenvalue weighted by Gasteiger charge is -2.46. The Morgan fingerprint density at radius 2 is 1.76 bits per heavy atom. The molecule has 0 bridgehead atoms. The van der Waals surface area contributed by atoms with Crippen molar-refractivity contribution in [3.05, 3.63) is 77.0 Å². The highest BCUT2D eigenvalue weighted by Crippen LogP contribution is 2.36. The molecule has 1 aliphatic heterocycles. The molecule has 1 fully saturated rings. The molecule has 2 aromatic carbocycles. The van der Waals surface area contributed by atoms with Gasteiger partial charge in [0.2, 0.25) is 5.91 Å². The predicted octanol–water partition coefficient (Wildman–Crippen LogP) is 4.05. The number of halogens is 2. The number of anilines is 1. The van der Waals surface area contributed by atoms with Crippen molar-refractivity contribution in [3.63, 3.8) is 0 Å². The molecule has 0 spiro atoms. The van der Waals surface area contributed by atoms with E-state index >= 15 is 0 Å². The number of likely N-dealkylation sites (N-methyl/N-ethyl adjacent to an activating group) is 1. The Morgan fingerprint density at radius 1 is 1.15 bits per heavy atom. The maximum atomic E-state index is 14.9. The summed E-state index contributed by atoms with van der Waals surface area (Å²) in [5.41, 5.74) is -0.746. The Morgan fingerprint density at radius 3 is 2.33 bits per heavy atom. The first-order valence-corrected chi connectivity index (χ1v) is 10.3. The summed E-state index contributed by atoms with van der Waals surface area (Å²) < 4.78 is 29.9. The van der Waals surface area contributed by atoms with Gasteiger partial charge in [0, 0.05) is 42.7 Å². The Bertz CT molecular complexity index is 1160. The molecule has 3 rings (SSSR count). The van der Waals surface area contributed by atoms with Crippen molar-refractivity contribution in [2.75, 3.05) is 18.5 Å². The van der Waals surface area contributed by atoms with E-state index < -0.39 is 34.8 Å². The molecule has 0 radical (unpaired) electrons. The highest BCUT2D eigenvalue weighted by Gasteiger charge is 2.48. The van der Waals surface area contributed by atoms with E-state index in [9.17, 15) is 18.4 Å². The van der Waals surface area contributed by atoms with Gasteiger partial charge >= 0.3 is 6.03 Å². The third-order valence-corrected chi connectivity index (χ3v) is 5.57. The number of hydrogen-bond acceptors (Lipinski definition) is 4. The largest absolute Gasteiger partial charge is 0.391 e. The summed E-state index contributed by atoms with van der Waals surface area (Å²) in [6.07, 6.45) is 2.36. The van der Waals surface area contributed by atoms with Crippen LogP contribution in [0.25, 0.3) is 0 Å². The van der Waals surface area contributed by atoms with Gasteiger partial charge in [0.25, 0.3) is 0 Å². The fourth-order valence-corrected chi connectivity index (χ4v) is 3.56. The molecule has 0 saturated carbocycles. The fraction of sp³-hybridized carbons (Fsp3) is 0.240. The maximum absolute atomic E-state index is 14.9. The predicted molar refractivity (Wildman–Crippen MR) is 123 cm³/mol. The van der Waals surface area contributed by atoms with Gasteiger partial charge in [-0.25, -0.2) is 18.5 Å². The van der Waals surface area contributed by atoms with Crippen LogP contribution in [0.5, 0.6) is 0 Å². The molecule has 2 N–H and O–H groups in total. The normalized spacial score (nSPS) is 18.6. The minimum absolute atomic E-state index is 0.0763. The van der Waals surface area contributed by atoms with Crippen LogP contribution >= 0.6 is 0 Å². The average Bonchev–Trinajstić information content (AvgIpc) is 2.79. The summed E-state index contributed by atoms with van der Waals surface area (Å²) >= 11 is 0. The van der Waals surface area contributed by atoms with Crippen LogP contribution in [0, 0.1) is 28.9 Å². The van der Waals surface area contributed by atoms with E-state index in [0.29, 0.717) is 22.6 Å². The van der Waals surface area contributed by atoms with Crippen LogP contribution in [-0.2, 0) is 4.79 Å². The summed E-state index contributed by atoms with van der Waals surface area (Å²) in [4.78, 5) is 27.8. The van der Waals surface area contributed by atoms with Crippen LogP contribution in [0.4, 0.5) is 19.3 Å². The standard InChI is InChI=1S/C25H24F2N4O2/c1-4-29-16-19(15-28)25(2)14-22(32)31(24(33)30(25)3)23-20(26)12-18(13-21(23)27)11-10-17-8-6-5-7-9-17/h5-9,12-13,15-16,28-29H,4,14H2,1-3H3/b19-16+,28-15?/t25-/m0/s1. The van der Waals surface area contributed by atoms with Crippen molar-refractivity contribution in [3.8, 4) is 11.8 Å². The third kappa shape index (κ3) is 4.62. The highest BCUT2D eigenvalue weighted by atomic mass is 19.1. The van der Waals surface area contributed by atoms with Gasteiger partial charge in [0.15, 0.2) is 11.6 Å². The van der Waals surface area contributed by atoms with Gasteiger partial charge in [-0.15, -0.1) is 0 Å². The van der Waals surface area contributed by atoms with Gasteiger partial charge in [0.1, 0.15) is 5.69 Å². The SMILES string of the molecule is CCN/C=C(\C=N)[C@]1(C)CC(=O)N(c2c(F)cc(C#Cc3ccccc3)cc2F)C(=O)N1C. The van der Waals surface area contributed by atoms with Crippen LogP contribution in [0.2, 0.25) is 0 Å². The molecule has 1 heterocycles. The second-order valence-electron chi connectivity index (χ2n) is 7.73. The molecular weight excluding hydrogens is 426 g/mol. The second-order valence-corrected chi connectivity index (χ2v) is 7.73. The molecule has 2 aromatic rings. The summed E-state index contributed by atoms with van der Waals surface area (Å²) in [5.74, 6) is 2.60. The minimum Gasteiger partial charge on any atom is -0.391 e. The van der Waals surface area contributed by atoms with E-state index in [0.717, 1.165) is 18.3 Å². The number of carbonyl (C=O) groups excluding carboxylic acids is 2. The number of carbonyl (C=O) groups is 2. The van der Waals surface area contributed by atoms with Gasteiger partial charge < -0.3 is 15.6 Å². The topological polar surface area (TPSA) is 76.5 Å². The van der Waals surface area contributed by atoms with Gasteiger partial charge in [-0.05, 0) is 38.1 Å². The zero-order valence-electron chi connectivity index (χ0n) is 18.6. The molecule has 3 amide bonds. The smallest absolute Gasteiger partial charge is 0.332 e. The maximum Gasteiger partial charge on any atom is 0.332 e. The van der Waals surface area contributed by atoms with E-state index in [1.807, 2.05) is 13.0 Å². The average molecular weight is 450 g/mol. The summed E-state index contributed by atoms with van der Waals surface area (Å²) in [5, 5.41) is 10.7. The number of benzene rings is 2. The van der Waals surface area contributed by atoms with Gasteiger partial charge in [0.05, 0.1) is 12.0 Å². The van der Waals surface area contributed by atoms with Gasteiger partial charge in [-0.1, -0.05) is 30.0 Å². The first-order valence-electron chi connectivity index (χ1n) is 10.3. The number of urea groups is 1. The van der Waals surface area contributed by atoms with E-state index in [2.05, 4.69) is 17.2 Å². The van der Waals surface area contributed by atoms with Crippen molar-refractivity contribution in [2.45, 2.75) is 25.8 Å². The van der Waals surface area contributed by atoms with Crippen molar-refractivity contribution >= 4 is 23.8 Å². The second kappa shape index (κ2) is 9.65. The molecule has 6 nitrogen and oxygen atoms in total.